The molecule has 1 aromatic carbocycles. The summed E-state index contributed by atoms with van der Waals surface area (Å²) in [6.07, 6.45) is 8.35. The molecule has 0 saturated heterocycles. The molecule has 1 atom stereocenters. The Morgan fingerprint density at radius 2 is 2.11 bits per heavy atom. The van der Waals surface area contributed by atoms with Gasteiger partial charge in [0.1, 0.15) is 0 Å². The van der Waals surface area contributed by atoms with Crippen LogP contribution in [0.3, 0.4) is 0 Å². The van der Waals surface area contributed by atoms with E-state index < -0.39 is 0 Å². The Bertz CT molecular complexity index is 442. The molecule has 0 saturated carbocycles. The standard InChI is InChI=1S/C15H19NO2/c1-2-4-12(5-3-1)9-16-10-13-6-7-14-15(8-13)18-11-17-14/h1-2,6-8,12,16H,3-5,9-11H2. The molecular formula is C15H19NO2. The van der Waals surface area contributed by atoms with Crippen LogP contribution in [0.5, 0.6) is 11.5 Å². The van der Waals surface area contributed by atoms with Crippen LogP contribution in [-0.4, -0.2) is 13.3 Å². The molecule has 0 radical (unpaired) electrons. The van der Waals surface area contributed by atoms with Gasteiger partial charge in [-0.2, -0.15) is 0 Å². The number of benzene rings is 1. The Hall–Kier alpha value is -1.48. The van der Waals surface area contributed by atoms with E-state index >= 15 is 0 Å². The average Bonchev–Trinajstić information content (AvgIpc) is 2.87. The first-order valence-electron chi connectivity index (χ1n) is 6.66. The molecule has 3 rings (SSSR count). The van der Waals surface area contributed by atoms with Gasteiger partial charge >= 0.3 is 0 Å². The molecule has 18 heavy (non-hydrogen) atoms. The van der Waals surface area contributed by atoms with Crippen molar-refractivity contribution in [2.75, 3.05) is 13.3 Å². The van der Waals surface area contributed by atoms with E-state index in [1.807, 2.05) is 6.07 Å². The zero-order chi connectivity index (χ0) is 12.2. The molecule has 0 spiro atoms. The monoisotopic (exact) mass is 245 g/mol. The van der Waals surface area contributed by atoms with Gasteiger partial charge in [-0.1, -0.05) is 18.2 Å². The molecule has 2 aliphatic rings. The Kier molecular flexibility index (Phi) is 3.51. The van der Waals surface area contributed by atoms with Crippen LogP contribution in [0.25, 0.3) is 0 Å². The summed E-state index contributed by atoms with van der Waals surface area (Å²) < 4.78 is 10.7. The van der Waals surface area contributed by atoms with Gasteiger partial charge < -0.3 is 14.8 Å². The molecule has 0 amide bonds. The summed E-state index contributed by atoms with van der Waals surface area (Å²) in [7, 11) is 0. The summed E-state index contributed by atoms with van der Waals surface area (Å²) in [5.41, 5.74) is 1.26. The number of hydrogen-bond acceptors (Lipinski definition) is 3. The molecule has 0 bridgehead atoms. The summed E-state index contributed by atoms with van der Waals surface area (Å²) in [6, 6.07) is 6.15. The van der Waals surface area contributed by atoms with Crippen LogP contribution in [0.1, 0.15) is 24.8 Å². The van der Waals surface area contributed by atoms with Crippen LogP contribution in [-0.2, 0) is 6.54 Å². The van der Waals surface area contributed by atoms with Gasteiger partial charge in [0.25, 0.3) is 0 Å². The number of nitrogens with one attached hydrogen (secondary N) is 1. The maximum absolute atomic E-state index is 5.38. The summed E-state index contributed by atoms with van der Waals surface area (Å²) in [5, 5.41) is 3.53. The Morgan fingerprint density at radius 3 is 3.00 bits per heavy atom. The van der Waals surface area contributed by atoms with E-state index in [-0.39, 0.29) is 0 Å². The third-order valence-corrected chi connectivity index (χ3v) is 3.58. The predicted molar refractivity (Wildman–Crippen MR) is 70.8 cm³/mol. The van der Waals surface area contributed by atoms with Gasteiger partial charge in [-0.15, -0.1) is 0 Å². The largest absolute Gasteiger partial charge is 0.454 e. The maximum Gasteiger partial charge on any atom is 0.231 e. The van der Waals surface area contributed by atoms with Crippen LogP contribution in [0.15, 0.2) is 30.4 Å². The smallest absolute Gasteiger partial charge is 0.231 e. The summed E-state index contributed by atoms with van der Waals surface area (Å²) in [4.78, 5) is 0. The lowest BCUT2D eigenvalue weighted by Gasteiger charge is -2.18. The van der Waals surface area contributed by atoms with Crippen molar-refractivity contribution in [1.29, 1.82) is 0 Å². The Labute approximate surface area is 108 Å². The molecule has 1 heterocycles. The number of ether oxygens (including phenoxy) is 2. The number of fused-ring (bicyclic) bond motifs is 1. The third kappa shape index (κ3) is 2.67. The van der Waals surface area contributed by atoms with Crippen molar-refractivity contribution in [3.63, 3.8) is 0 Å². The van der Waals surface area contributed by atoms with Crippen molar-refractivity contribution in [2.45, 2.75) is 25.8 Å². The lowest BCUT2D eigenvalue weighted by Crippen LogP contribution is -2.23. The van der Waals surface area contributed by atoms with Crippen molar-refractivity contribution < 1.29 is 9.47 Å². The lowest BCUT2D eigenvalue weighted by molar-refractivity contribution is 0.174. The summed E-state index contributed by atoms with van der Waals surface area (Å²) in [5.74, 6) is 2.52. The van der Waals surface area contributed by atoms with Crippen molar-refractivity contribution in [3.05, 3.63) is 35.9 Å². The van der Waals surface area contributed by atoms with Gasteiger partial charge in [-0.05, 0) is 49.4 Å². The lowest BCUT2D eigenvalue weighted by atomic mass is 9.94. The van der Waals surface area contributed by atoms with Crippen molar-refractivity contribution in [3.8, 4) is 11.5 Å². The molecule has 1 N–H and O–H groups in total. The Morgan fingerprint density at radius 1 is 1.17 bits per heavy atom. The molecular weight excluding hydrogens is 226 g/mol. The molecule has 0 fully saturated rings. The molecule has 3 nitrogen and oxygen atoms in total. The van der Waals surface area contributed by atoms with Crippen molar-refractivity contribution >= 4 is 0 Å². The van der Waals surface area contributed by atoms with Gasteiger partial charge in [0.05, 0.1) is 0 Å². The minimum atomic E-state index is 0.348. The second kappa shape index (κ2) is 5.44. The molecule has 0 aromatic heterocycles. The summed E-state index contributed by atoms with van der Waals surface area (Å²) in [6.45, 7) is 2.34. The van der Waals surface area contributed by atoms with Gasteiger partial charge in [0, 0.05) is 6.54 Å². The first-order valence-corrected chi connectivity index (χ1v) is 6.66. The second-order valence-electron chi connectivity index (χ2n) is 4.97. The molecule has 3 heteroatoms. The summed E-state index contributed by atoms with van der Waals surface area (Å²) >= 11 is 0. The van der Waals surface area contributed by atoms with E-state index in [4.69, 9.17) is 9.47 Å². The SMILES string of the molecule is C1=CCC(CNCc2ccc3c(c2)OCO3)CC1. The fraction of sp³-hybridized carbons (Fsp3) is 0.467. The van der Waals surface area contributed by atoms with Crippen LogP contribution in [0, 0.1) is 5.92 Å². The normalized spacial score (nSPS) is 21.2. The molecule has 96 valence electrons. The molecule has 1 unspecified atom stereocenters. The zero-order valence-electron chi connectivity index (χ0n) is 10.5. The van der Waals surface area contributed by atoms with Crippen molar-refractivity contribution in [2.24, 2.45) is 5.92 Å². The predicted octanol–water partition coefficient (Wildman–Crippen LogP) is 2.86. The average molecular weight is 245 g/mol. The van der Waals surface area contributed by atoms with Gasteiger partial charge in [-0.25, -0.2) is 0 Å². The van der Waals surface area contributed by atoms with Gasteiger partial charge in [0.15, 0.2) is 11.5 Å². The topological polar surface area (TPSA) is 30.5 Å². The van der Waals surface area contributed by atoms with E-state index in [1.165, 1.54) is 24.8 Å². The minimum absolute atomic E-state index is 0.348. The molecule has 1 aromatic rings. The van der Waals surface area contributed by atoms with Gasteiger partial charge in [0.2, 0.25) is 6.79 Å². The van der Waals surface area contributed by atoms with E-state index in [9.17, 15) is 0 Å². The van der Waals surface area contributed by atoms with E-state index in [0.717, 1.165) is 30.5 Å². The van der Waals surface area contributed by atoms with Gasteiger partial charge in [-0.3, -0.25) is 0 Å². The van der Waals surface area contributed by atoms with Crippen LogP contribution < -0.4 is 14.8 Å². The molecule has 1 aliphatic carbocycles. The van der Waals surface area contributed by atoms with Crippen LogP contribution >= 0.6 is 0 Å². The first-order chi connectivity index (χ1) is 8.92. The second-order valence-corrected chi connectivity index (χ2v) is 4.97. The van der Waals surface area contributed by atoms with Crippen molar-refractivity contribution in [1.82, 2.24) is 5.32 Å². The van der Waals surface area contributed by atoms with Crippen LogP contribution in [0.2, 0.25) is 0 Å². The fourth-order valence-electron chi connectivity index (χ4n) is 2.51. The highest BCUT2D eigenvalue weighted by Crippen LogP contribution is 2.32. The zero-order valence-corrected chi connectivity index (χ0v) is 10.5. The first kappa shape index (κ1) is 11.6. The number of rotatable bonds is 4. The highest BCUT2D eigenvalue weighted by molar-refractivity contribution is 5.44. The highest BCUT2D eigenvalue weighted by atomic mass is 16.7. The number of allylic oxidation sites excluding steroid dienone is 2. The number of hydrogen-bond donors (Lipinski definition) is 1. The van der Waals surface area contributed by atoms with E-state index in [2.05, 4.69) is 29.6 Å². The third-order valence-electron chi connectivity index (χ3n) is 3.58. The maximum atomic E-state index is 5.38. The highest BCUT2D eigenvalue weighted by Gasteiger charge is 2.13. The van der Waals surface area contributed by atoms with E-state index in [1.54, 1.807) is 0 Å². The quantitative estimate of drug-likeness (QED) is 0.827. The van der Waals surface area contributed by atoms with Crippen LogP contribution in [0.4, 0.5) is 0 Å². The fourth-order valence-corrected chi connectivity index (χ4v) is 2.51. The van der Waals surface area contributed by atoms with E-state index in [0.29, 0.717) is 6.79 Å². The molecule has 1 aliphatic heterocycles. The Balaban J connectivity index is 1.49. The minimum Gasteiger partial charge on any atom is -0.454 e.